The van der Waals surface area contributed by atoms with Gasteiger partial charge in [0.05, 0.1) is 12.1 Å². The zero-order chi connectivity index (χ0) is 10.2. The zero-order valence-corrected chi connectivity index (χ0v) is 9.47. The first-order chi connectivity index (χ1) is 6.63. The Labute approximate surface area is 89.7 Å². The summed E-state index contributed by atoms with van der Waals surface area (Å²) < 4.78 is 5.61. The highest BCUT2D eigenvalue weighted by atomic mass is 35.5. The van der Waals surface area contributed by atoms with Crippen molar-refractivity contribution in [2.24, 2.45) is 5.41 Å². The van der Waals surface area contributed by atoms with Gasteiger partial charge >= 0.3 is 0 Å². The van der Waals surface area contributed by atoms with Crippen LogP contribution in [-0.4, -0.2) is 4.98 Å². The van der Waals surface area contributed by atoms with Crippen molar-refractivity contribution >= 4 is 11.6 Å². The van der Waals surface area contributed by atoms with Crippen molar-refractivity contribution in [3.8, 4) is 0 Å². The largest absolute Gasteiger partial charge is 0.444 e. The minimum absolute atomic E-state index is 0.350. The third-order valence-electron chi connectivity index (χ3n) is 3.29. The first-order valence-corrected chi connectivity index (χ1v) is 5.67. The normalized spacial score (nSPS) is 25.5. The van der Waals surface area contributed by atoms with E-state index in [1.807, 2.05) is 6.20 Å². The van der Waals surface area contributed by atoms with Crippen molar-refractivity contribution in [2.75, 3.05) is 0 Å². The maximum absolute atomic E-state index is 5.66. The molecule has 0 radical (unpaired) electrons. The molecule has 1 aliphatic carbocycles. The molecule has 1 heterocycles. The van der Waals surface area contributed by atoms with E-state index in [1.54, 1.807) is 0 Å². The number of rotatable bonds is 2. The van der Waals surface area contributed by atoms with Crippen LogP contribution in [0, 0.1) is 5.41 Å². The predicted octanol–water partition coefficient (Wildman–Crippen LogP) is 3.71. The first kappa shape index (κ1) is 10.0. The van der Waals surface area contributed by atoms with Crippen LogP contribution in [0.1, 0.15) is 50.7 Å². The standard InChI is InChI=1S/C11H16ClNO/c1-11(2)5-3-4-8(11)9-7-13-10(6-12)14-9/h7-8H,3-6H2,1-2H3. The molecule has 0 aromatic carbocycles. The van der Waals surface area contributed by atoms with Crippen molar-refractivity contribution in [2.45, 2.75) is 44.9 Å². The molecule has 1 aliphatic rings. The molecule has 0 aliphatic heterocycles. The van der Waals surface area contributed by atoms with Crippen molar-refractivity contribution in [1.29, 1.82) is 0 Å². The van der Waals surface area contributed by atoms with Crippen LogP contribution in [0.3, 0.4) is 0 Å². The molecular weight excluding hydrogens is 198 g/mol. The van der Waals surface area contributed by atoms with E-state index in [0.29, 0.717) is 23.1 Å². The first-order valence-electron chi connectivity index (χ1n) is 5.14. The third kappa shape index (κ3) is 1.68. The van der Waals surface area contributed by atoms with Crippen LogP contribution in [0.15, 0.2) is 10.6 Å². The summed E-state index contributed by atoms with van der Waals surface area (Å²) in [7, 11) is 0. The number of hydrogen-bond acceptors (Lipinski definition) is 2. The van der Waals surface area contributed by atoms with E-state index in [-0.39, 0.29) is 0 Å². The average Bonchev–Trinajstić information content (AvgIpc) is 2.70. The van der Waals surface area contributed by atoms with Gasteiger partial charge in [0.25, 0.3) is 0 Å². The Kier molecular flexibility index (Phi) is 2.56. The van der Waals surface area contributed by atoms with Gasteiger partial charge in [-0.15, -0.1) is 11.6 Å². The van der Waals surface area contributed by atoms with E-state index >= 15 is 0 Å². The molecule has 1 unspecified atom stereocenters. The van der Waals surface area contributed by atoms with Gasteiger partial charge in [0.2, 0.25) is 5.89 Å². The lowest BCUT2D eigenvalue weighted by Gasteiger charge is -2.24. The second-order valence-corrected chi connectivity index (χ2v) is 4.99. The third-order valence-corrected chi connectivity index (χ3v) is 3.52. The van der Waals surface area contributed by atoms with Gasteiger partial charge in [0.1, 0.15) is 5.76 Å². The molecule has 14 heavy (non-hydrogen) atoms. The Morgan fingerprint density at radius 3 is 2.93 bits per heavy atom. The highest BCUT2D eigenvalue weighted by molar-refractivity contribution is 6.16. The molecule has 0 bridgehead atoms. The molecule has 0 N–H and O–H groups in total. The lowest BCUT2D eigenvalue weighted by Crippen LogP contribution is -2.14. The lowest BCUT2D eigenvalue weighted by atomic mass is 9.81. The fraction of sp³-hybridized carbons (Fsp3) is 0.727. The lowest BCUT2D eigenvalue weighted by molar-refractivity contribution is 0.289. The van der Waals surface area contributed by atoms with Crippen LogP contribution in [0.2, 0.25) is 0 Å². The monoisotopic (exact) mass is 213 g/mol. The van der Waals surface area contributed by atoms with Gasteiger partial charge in [-0.25, -0.2) is 4.98 Å². The molecule has 1 fully saturated rings. The molecule has 0 amide bonds. The van der Waals surface area contributed by atoms with E-state index in [4.69, 9.17) is 16.0 Å². The second-order valence-electron chi connectivity index (χ2n) is 4.72. The topological polar surface area (TPSA) is 26.0 Å². The van der Waals surface area contributed by atoms with E-state index in [0.717, 1.165) is 5.76 Å². The number of oxazole rings is 1. The Morgan fingerprint density at radius 2 is 2.43 bits per heavy atom. The predicted molar refractivity (Wildman–Crippen MR) is 56.4 cm³/mol. The van der Waals surface area contributed by atoms with Crippen molar-refractivity contribution in [3.63, 3.8) is 0 Å². The molecule has 1 atom stereocenters. The summed E-state index contributed by atoms with van der Waals surface area (Å²) in [5.41, 5.74) is 0.350. The quantitative estimate of drug-likeness (QED) is 0.700. The van der Waals surface area contributed by atoms with E-state index in [2.05, 4.69) is 18.8 Å². The Balaban J connectivity index is 2.22. The summed E-state index contributed by atoms with van der Waals surface area (Å²) in [5.74, 6) is 2.55. The summed E-state index contributed by atoms with van der Waals surface area (Å²) in [6.45, 7) is 4.60. The van der Waals surface area contributed by atoms with Crippen LogP contribution in [0.25, 0.3) is 0 Å². The van der Waals surface area contributed by atoms with Gasteiger partial charge in [0, 0.05) is 5.92 Å². The Hall–Kier alpha value is -0.500. The van der Waals surface area contributed by atoms with Gasteiger partial charge in [-0.3, -0.25) is 0 Å². The molecule has 0 spiro atoms. The van der Waals surface area contributed by atoms with Gasteiger partial charge in [-0.1, -0.05) is 20.3 Å². The van der Waals surface area contributed by atoms with E-state index in [1.165, 1.54) is 19.3 Å². The maximum Gasteiger partial charge on any atom is 0.209 e. The van der Waals surface area contributed by atoms with Gasteiger partial charge in [0.15, 0.2) is 0 Å². The summed E-state index contributed by atoms with van der Waals surface area (Å²) >= 11 is 5.66. The van der Waals surface area contributed by atoms with Gasteiger partial charge < -0.3 is 4.42 Å². The minimum Gasteiger partial charge on any atom is -0.444 e. The van der Waals surface area contributed by atoms with E-state index in [9.17, 15) is 0 Å². The SMILES string of the molecule is CC1(C)CCCC1c1cnc(CCl)o1. The summed E-state index contributed by atoms with van der Waals surface area (Å²) in [6.07, 6.45) is 5.61. The number of alkyl halides is 1. The highest BCUT2D eigenvalue weighted by Gasteiger charge is 2.37. The maximum atomic E-state index is 5.66. The minimum atomic E-state index is 0.350. The summed E-state index contributed by atoms with van der Waals surface area (Å²) in [5, 5.41) is 0. The highest BCUT2D eigenvalue weighted by Crippen LogP contribution is 2.48. The smallest absolute Gasteiger partial charge is 0.209 e. The molecule has 1 saturated carbocycles. The average molecular weight is 214 g/mol. The van der Waals surface area contributed by atoms with Crippen LogP contribution < -0.4 is 0 Å². The molecule has 1 aromatic heterocycles. The van der Waals surface area contributed by atoms with Crippen LogP contribution >= 0.6 is 11.6 Å². The second kappa shape index (κ2) is 3.58. The molecule has 78 valence electrons. The molecule has 1 aromatic rings. The number of hydrogen-bond donors (Lipinski definition) is 0. The van der Waals surface area contributed by atoms with Crippen LogP contribution in [-0.2, 0) is 5.88 Å². The Bertz CT molecular complexity index is 319. The fourth-order valence-electron chi connectivity index (χ4n) is 2.40. The van der Waals surface area contributed by atoms with Gasteiger partial charge in [-0.2, -0.15) is 0 Å². The Morgan fingerprint density at radius 1 is 1.64 bits per heavy atom. The van der Waals surface area contributed by atoms with Crippen LogP contribution in [0.5, 0.6) is 0 Å². The van der Waals surface area contributed by atoms with Crippen molar-refractivity contribution in [1.82, 2.24) is 4.98 Å². The molecule has 2 rings (SSSR count). The molecule has 0 saturated heterocycles. The number of aromatic nitrogens is 1. The zero-order valence-electron chi connectivity index (χ0n) is 8.72. The fourth-order valence-corrected chi connectivity index (χ4v) is 2.52. The molecule has 2 nitrogen and oxygen atoms in total. The number of halogens is 1. The van der Waals surface area contributed by atoms with Crippen molar-refractivity contribution in [3.05, 3.63) is 17.8 Å². The summed E-state index contributed by atoms with van der Waals surface area (Å²) in [6, 6.07) is 0. The van der Waals surface area contributed by atoms with Gasteiger partial charge in [-0.05, 0) is 18.3 Å². The van der Waals surface area contributed by atoms with E-state index < -0.39 is 0 Å². The summed E-state index contributed by atoms with van der Waals surface area (Å²) in [4.78, 5) is 4.15. The molecular formula is C11H16ClNO. The number of nitrogens with zero attached hydrogens (tertiary/aromatic N) is 1. The van der Waals surface area contributed by atoms with Crippen LogP contribution in [0.4, 0.5) is 0 Å². The molecule has 3 heteroatoms. The van der Waals surface area contributed by atoms with Crippen molar-refractivity contribution < 1.29 is 4.42 Å².